The van der Waals surface area contributed by atoms with Crippen LogP contribution >= 0.6 is 11.8 Å². The summed E-state index contributed by atoms with van der Waals surface area (Å²) in [5, 5.41) is 10.6. The Bertz CT molecular complexity index is 632. The van der Waals surface area contributed by atoms with Gasteiger partial charge in [0, 0.05) is 18.4 Å². The molecular weight excluding hydrogens is 304 g/mol. The Balaban J connectivity index is 2.43. The Labute approximate surface area is 121 Å². The van der Waals surface area contributed by atoms with Gasteiger partial charge in [-0.15, -0.1) is 11.8 Å². The van der Waals surface area contributed by atoms with Crippen LogP contribution in [-0.2, 0) is 10.0 Å². The molecule has 0 unspecified atom stereocenters. The zero-order valence-electron chi connectivity index (χ0n) is 11.0. The van der Waals surface area contributed by atoms with Gasteiger partial charge in [0.1, 0.15) is 0 Å². The van der Waals surface area contributed by atoms with Gasteiger partial charge in [-0.2, -0.15) is 4.31 Å². The predicted octanol–water partition coefficient (Wildman–Crippen LogP) is 1.61. The highest BCUT2D eigenvalue weighted by atomic mass is 32.2. The molecule has 1 fully saturated rings. The first kappa shape index (κ1) is 15.1. The number of benzene rings is 1. The first-order valence-corrected chi connectivity index (χ1v) is 8.65. The Kier molecular flexibility index (Phi) is 4.21. The van der Waals surface area contributed by atoms with Gasteiger partial charge in [0.15, 0.2) is 5.75 Å². The monoisotopic (exact) mass is 318 g/mol. The number of thioether (sulfide) groups is 1. The Morgan fingerprint density at radius 1 is 1.50 bits per heavy atom. The van der Waals surface area contributed by atoms with Crippen LogP contribution in [0.3, 0.4) is 0 Å². The molecule has 1 aliphatic heterocycles. The van der Waals surface area contributed by atoms with Crippen LogP contribution in [0.4, 0.5) is 5.69 Å². The van der Waals surface area contributed by atoms with Gasteiger partial charge in [0.05, 0.1) is 23.7 Å². The molecule has 1 aromatic carbocycles. The molecular formula is C11H14N2O5S2. The quantitative estimate of drug-likeness (QED) is 0.619. The fourth-order valence-electron chi connectivity index (χ4n) is 2.06. The third kappa shape index (κ3) is 2.89. The summed E-state index contributed by atoms with van der Waals surface area (Å²) in [5.74, 6) is 0.824. The van der Waals surface area contributed by atoms with Crippen molar-refractivity contribution in [3.05, 3.63) is 33.9 Å². The number of nitro groups is 1. The first-order chi connectivity index (χ1) is 9.34. The molecule has 2 rings (SSSR count). The number of rotatable bonds is 4. The maximum Gasteiger partial charge on any atom is 0.311 e. The summed E-state index contributed by atoms with van der Waals surface area (Å²) in [6.07, 6.45) is 1.14. The number of methoxy groups -OCH3 is 1. The van der Waals surface area contributed by atoms with Crippen molar-refractivity contribution in [3.63, 3.8) is 0 Å². The minimum Gasteiger partial charge on any atom is -0.490 e. The fourth-order valence-corrected chi connectivity index (χ4v) is 4.86. The lowest BCUT2D eigenvalue weighted by Crippen LogP contribution is -2.29. The molecule has 1 aliphatic rings. The fraction of sp³-hybridized carbons (Fsp3) is 0.455. The molecule has 0 aliphatic carbocycles. The summed E-state index contributed by atoms with van der Waals surface area (Å²) in [6.45, 7) is 0.411. The topological polar surface area (TPSA) is 89.8 Å². The van der Waals surface area contributed by atoms with Crippen molar-refractivity contribution in [1.82, 2.24) is 4.31 Å². The van der Waals surface area contributed by atoms with Gasteiger partial charge in [-0.3, -0.25) is 10.1 Å². The molecule has 1 aromatic rings. The molecule has 9 heteroatoms. The van der Waals surface area contributed by atoms with E-state index < -0.39 is 20.3 Å². The third-order valence-corrected chi connectivity index (χ3v) is 5.60. The van der Waals surface area contributed by atoms with Crippen LogP contribution in [-0.4, -0.2) is 43.3 Å². The molecule has 0 aromatic heterocycles. The van der Waals surface area contributed by atoms with Gasteiger partial charge >= 0.3 is 5.69 Å². The highest BCUT2D eigenvalue weighted by Gasteiger charge is 2.34. The molecule has 0 amide bonds. The van der Waals surface area contributed by atoms with Crippen LogP contribution in [0.2, 0.25) is 0 Å². The highest BCUT2D eigenvalue weighted by molar-refractivity contribution is 8.00. The van der Waals surface area contributed by atoms with Crippen molar-refractivity contribution in [1.29, 1.82) is 0 Å². The summed E-state index contributed by atoms with van der Waals surface area (Å²) >= 11 is 1.45. The van der Waals surface area contributed by atoms with E-state index in [-0.39, 0.29) is 11.4 Å². The van der Waals surface area contributed by atoms with E-state index in [1.807, 2.05) is 0 Å². The number of ether oxygens (including phenoxy) is 1. The molecule has 20 heavy (non-hydrogen) atoms. The Morgan fingerprint density at radius 3 is 2.75 bits per heavy atom. The number of hydrogen-bond acceptors (Lipinski definition) is 6. The number of nitrogens with zero attached hydrogens (tertiary/aromatic N) is 2. The third-order valence-electron chi connectivity index (χ3n) is 2.96. The van der Waals surface area contributed by atoms with Crippen LogP contribution < -0.4 is 4.74 Å². The maximum atomic E-state index is 11.7. The van der Waals surface area contributed by atoms with E-state index >= 15 is 0 Å². The molecule has 1 atom stereocenters. The summed E-state index contributed by atoms with van der Waals surface area (Å²) in [4.78, 5) is 10.5. The van der Waals surface area contributed by atoms with Crippen molar-refractivity contribution >= 4 is 27.5 Å². The molecule has 0 spiro atoms. The predicted molar refractivity (Wildman–Crippen MR) is 76.4 cm³/mol. The van der Waals surface area contributed by atoms with Crippen molar-refractivity contribution in [2.75, 3.05) is 25.7 Å². The normalized spacial score (nSPS) is 20.0. The smallest absolute Gasteiger partial charge is 0.311 e. The summed E-state index contributed by atoms with van der Waals surface area (Å²) in [6, 6.07) is 4.53. The Morgan fingerprint density at radius 2 is 2.20 bits per heavy atom. The van der Waals surface area contributed by atoms with E-state index in [4.69, 9.17) is 4.74 Å². The van der Waals surface area contributed by atoms with Gasteiger partial charge in [-0.05, 0) is 11.6 Å². The molecule has 1 heterocycles. The van der Waals surface area contributed by atoms with E-state index in [1.165, 1.54) is 35.3 Å². The molecule has 0 bridgehead atoms. The largest absolute Gasteiger partial charge is 0.490 e. The van der Waals surface area contributed by atoms with Gasteiger partial charge in [0.2, 0.25) is 10.0 Å². The van der Waals surface area contributed by atoms with Gasteiger partial charge in [0.25, 0.3) is 0 Å². The molecule has 0 radical (unpaired) electrons. The van der Waals surface area contributed by atoms with Crippen LogP contribution in [0.5, 0.6) is 5.75 Å². The average Bonchev–Trinajstić information content (AvgIpc) is 2.87. The number of sulfonamides is 1. The zero-order valence-corrected chi connectivity index (χ0v) is 12.6. The summed E-state index contributed by atoms with van der Waals surface area (Å²) in [7, 11) is -1.98. The van der Waals surface area contributed by atoms with Gasteiger partial charge < -0.3 is 4.74 Å². The highest BCUT2D eigenvalue weighted by Crippen LogP contribution is 2.41. The van der Waals surface area contributed by atoms with Crippen LogP contribution in [0.25, 0.3) is 0 Å². The second-order valence-corrected chi connectivity index (χ2v) is 7.41. The van der Waals surface area contributed by atoms with E-state index in [2.05, 4.69) is 0 Å². The molecule has 0 saturated carbocycles. The second kappa shape index (κ2) is 5.58. The zero-order chi connectivity index (χ0) is 14.9. The maximum absolute atomic E-state index is 11.7. The van der Waals surface area contributed by atoms with Crippen LogP contribution in [0.15, 0.2) is 18.2 Å². The average molecular weight is 318 g/mol. The van der Waals surface area contributed by atoms with Crippen LogP contribution in [0.1, 0.15) is 10.9 Å². The van der Waals surface area contributed by atoms with Crippen molar-refractivity contribution in [2.45, 2.75) is 5.37 Å². The molecule has 1 saturated heterocycles. The van der Waals surface area contributed by atoms with Crippen LogP contribution in [0, 0.1) is 10.1 Å². The van der Waals surface area contributed by atoms with Crippen molar-refractivity contribution in [2.24, 2.45) is 0 Å². The van der Waals surface area contributed by atoms with E-state index in [0.29, 0.717) is 17.9 Å². The lowest BCUT2D eigenvalue weighted by molar-refractivity contribution is -0.385. The molecule has 0 N–H and O–H groups in total. The lowest BCUT2D eigenvalue weighted by atomic mass is 10.2. The van der Waals surface area contributed by atoms with Crippen molar-refractivity contribution < 1.29 is 18.1 Å². The van der Waals surface area contributed by atoms with Gasteiger partial charge in [-0.25, -0.2) is 8.42 Å². The minimum atomic E-state index is -3.34. The van der Waals surface area contributed by atoms with E-state index in [0.717, 1.165) is 6.26 Å². The molecule has 7 nitrogen and oxygen atoms in total. The Hall–Kier alpha value is -1.32. The number of nitro benzene ring substituents is 1. The summed E-state index contributed by atoms with van der Waals surface area (Å²) < 4.78 is 29.7. The molecule has 110 valence electrons. The standard InChI is InChI=1S/C11H14N2O5S2/c1-18-10-4-3-8(7-9(10)13(14)15)11-12(5-6-19-11)20(2,16)17/h3-4,7,11H,5-6H2,1-2H3/t11-/m1/s1. The SMILES string of the molecule is COc1ccc([C@H]2SCCN2S(C)(=O)=O)cc1[N+](=O)[O-]. The summed E-state index contributed by atoms with van der Waals surface area (Å²) in [5.41, 5.74) is 0.427. The van der Waals surface area contributed by atoms with E-state index in [9.17, 15) is 18.5 Å². The minimum absolute atomic E-state index is 0.160. The lowest BCUT2D eigenvalue weighted by Gasteiger charge is -2.21. The van der Waals surface area contributed by atoms with Crippen molar-refractivity contribution in [3.8, 4) is 5.75 Å². The first-order valence-electron chi connectivity index (χ1n) is 5.75. The van der Waals surface area contributed by atoms with E-state index in [1.54, 1.807) is 6.07 Å². The second-order valence-electron chi connectivity index (χ2n) is 4.29. The van der Waals surface area contributed by atoms with Gasteiger partial charge in [-0.1, -0.05) is 6.07 Å². The number of hydrogen-bond donors (Lipinski definition) is 0.